The van der Waals surface area contributed by atoms with Crippen molar-refractivity contribution in [3.8, 4) is 11.3 Å². The monoisotopic (exact) mass is 315 g/mol. The molecule has 1 N–H and O–H groups in total. The molecule has 23 heavy (non-hydrogen) atoms. The summed E-state index contributed by atoms with van der Waals surface area (Å²) in [6.07, 6.45) is 0. The fourth-order valence-electron chi connectivity index (χ4n) is 2.32. The van der Waals surface area contributed by atoms with E-state index in [-0.39, 0.29) is 11.5 Å². The minimum absolute atomic E-state index is 0.198. The third kappa shape index (κ3) is 2.66. The summed E-state index contributed by atoms with van der Waals surface area (Å²) >= 11 is 0. The van der Waals surface area contributed by atoms with E-state index in [1.54, 1.807) is 31.3 Å². The van der Waals surface area contributed by atoms with Crippen LogP contribution in [0.3, 0.4) is 0 Å². The van der Waals surface area contributed by atoms with Gasteiger partial charge >= 0.3 is 17.8 Å². The summed E-state index contributed by atoms with van der Waals surface area (Å²) in [7, 11) is 1.58. The number of rotatable bonds is 3. The molecular formula is C15H13N3O5. The first-order chi connectivity index (χ1) is 11.0. The zero-order valence-electron chi connectivity index (χ0n) is 12.2. The minimum Gasteiger partial charge on any atom is -0.476 e. The van der Waals surface area contributed by atoms with Crippen molar-refractivity contribution in [2.24, 2.45) is 0 Å². The molecule has 1 aliphatic heterocycles. The van der Waals surface area contributed by atoms with Crippen molar-refractivity contribution in [1.29, 1.82) is 0 Å². The van der Waals surface area contributed by atoms with Crippen LogP contribution in [0.5, 0.6) is 0 Å². The number of aromatic nitrogens is 1. The standard InChI is InChI=1S/C15H13N3O5/c1-17-5-6-18(14(20)13(17)19)10-4-2-3-9(7-10)12-8-11(15(21)22)16-23-12/h2-4,7-8H,5-6H2,1H3,(H,21,22). The molecule has 8 heteroatoms. The van der Waals surface area contributed by atoms with E-state index in [1.165, 1.54) is 15.9 Å². The number of hydrogen-bond acceptors (Lipinski definition) is 5. The number of carboxylic acids is 1. The average Bonchev–Trinajstić information content (AvgIpc) is 3.03. The van der Waals surface area contributed by atoms with E-state index in [4.69, 9.17) is 9.63 Å². The number of likely N-dealkylation sites (N-methyl/N-ethyl adjacent to an activating group) is 1. The molecular weight excluding hydrogens is 302 g/mol. The second kappa shape index (κ2) is 5.56. The molecule has 2 amide bonds. The Labute approximate surface area is 130 Å². The van der Waals surface area contributed by atoms with Gasteiger partial charge in [-0.3, -0.25) is 9.59 Å². The predicted molar refractivity (Wildman–Crippen MR) is 78.9 cm³/mol. The Balaban J connectivity index is 1.92. The highest BCUT2D eigenvalue weighted by atomic mass is 16.5. The van der Waals surface area contributed by atoms with Crippen LogP contribution in [-0.4, -0.2) is 53.1 Å². The molecule has 0 aliphatic carbocycles. The van der Waals surface area contributed by atoms with E-state index >= 15 is 0 Å². The lowest BCUT2D eigenvalue weighted by molar-refractivity contribution is -0.145. The van der Waals surface area contributed by atoms with E-state index in [1.807, 2.05) is 0 Å². The molecule has 8 nitrogen and oxygen atoms in total. The first-order valence-corrected chi connectivity index (χ1v) is 6.85. The molecule has 0 atom stereocenters. The van der Waals surface area contributed by atoms with Crippen molar-refractivity contribution in [3.63, 3.8) is 0 Å². The Bertz CT molecular complexity index is 798. The SMILES string of the molecule is CN1CCN(c2cccc(-c3cc(C(=O)O)no3)c2)C(=O)C1=O. The lowest BCUT2D eigenvalue weighted by atomic mass is 10.1. The second-order valence-electron chi connectivity index (χ2n) is 5.12. The Kier molecular flexibility index (Phi) is 3.57. The third-order valence-electron chi connectivity index (χ3n) is 3.61. The fraction of sp³-hybridized carbons (Fsp3) is 0.200. The molecule has 0 spiro atoms. The number of carboxylic acid groups (broad SMARTS) is 1. The predicted octanol–water partition coefficient (Wildman–Crippen LogP) is 0.845. The number of aromatic carboxylic acids is 1. The molecule has 0 bridgehead atoms. The first-order valence-electron chi connectivity index (χ1n) is 6.85. The number of benzene rings is 1. The summed E-state index contributed by atoms with van der Waals surface area (Å²) in [5.74, 6) is -2.07. The summed E-state index contributed by atoms with van der Waals surface area (Å²) < 4.78 is 5.01. The molecule has 0 saturated carbocycles. The van der Waals surface area contributed by atoms with Crippen LogP contribution in [0.2, 0.25) is 0 Å². The Hall–Kier alpha value is -3.16. The number of amides is 2. The maximum absolute atomic E-state index is 12.1. The van der Waals surface area contributed by atoms with E-state index in [2.05, 4.69) is 5.16 Å². The lowest BCUT2D eigenvalue weighted by Crippen LogP contribution is -2.53. The zero-order valence-corrected chi connectivity index (χ0v) is 12.2. The normalized spacial score (nSPS) is 15.2. The van der Waals surface area contributed by atoms with Crippen LogP contribution in [0.15, 0.2) is 34.9 Å². The average molecular weight is 315 g/mol. The Morgan fingerprint density at radius 2 is 2.00 bits per heavy atom. The molecule has 1 aromatic carbocycles. The number of nitrogens with zero attached hydrogens (tertiary/aromatic N) is 3. The Morgan fingerprint density at radius 3 is 2.70 bits per heavy atom. The van der Waals surface area contributed by atoms with Gasteiger partial charge in [0.25, 0.3) is 0 Å². The second-order valence-corrected chi connectivity index (χ2v) is 5.12. The molecule has 1 aromatic heterocycles. The number of carbonyl (C=O) groups excluding carboxylic acids is 2. The highest BCUT2D eigenvalue weighted by Crippen LogP contribution is 2.26. The van der Waals surface area contributed by atoms with Crippen LogP contribution in [0.25, 0.3) is 11.3 Å². The lowest BCUT2D eigenvalue weighted by Gasteiger charge is -2.31. The number of piperazine rings is 1. The van der Waals surface area contributed by atoms with Gasteiger partial charge in [0.2, 0.25) is 0 Å². The van der Waals surface area contributed by atoms with Gasteiger partial charge in [-0.2, -0.15) is 0 Å². The van der Waals surface area contributed by atoms with Crippen molar-refractivity contribution in [1.82, 2.24) is 10.1 Å². The molecule has 3 rings (SSSR count). The molecule has 1 fully saturated rings. The van der Waals surface area contributed by atoms with Gasteiger partial charge in [0.15, 0.2) is 11.5 Å². The van der Waals surface area contributed by atoms with E-state index in [0.717, 1.165) is 0 Å². The zero-order chi connectivity index (χ0) is 16.6. The number of anilines is 1. The van der Waals surface area contributed by atoms with Gasteiger partial charge in [-0.25, -0.2) is 4.79 Å². The quantitative estimate of drug-likeness (QED) is 0.842. The third-order valence-corrected chi connectivity index (χ3v) is 3.61. The summed E-state index contributed by atoms with van der Waals surface area (Å²) in [5, 5.41) is 12.3. The molecule has 0 unspecified atom stereocenters. The van der Waals surface area contributed by atoms with Gasteiger partial charge in [0.05, 0.1) is 0 Å². The summed E-state index contributed by atoms with van der Waals surface area (Å²) in [5.41, 5.74) is 0.917. The molecule has 2 aromatic rings. The molecule has 1 saturated heterocycles. The van der Waals surface area contributed by atoms with Crippen LogP contribution in [0, 0.1) is 0 Å². The largest absolute Gasteiger partial charge is 0.476 e. The van der Waals surface area contributed by atoms with Crippen molar-refractivity contribution in [2.45, 2.75) is 0 Å². The number of carbonyl (C=O) groups is 3. The molecule has 2 heterocycles. The smallest absolute Gasteiger partial charge is 0.358 e. The van der Waals surface area contributed by atoms with E-state index in [0.29, 0.717) is 24.3 Å². The van der Waals surface area contributed by atoms with Crippen LogP contribution < -0.4 is 4.90 Å². The molecule has 0 radical (unpaired) electrons. The van der Waals surface area contributed by atoms with Gasteiger partial charge in [-0.1, -0.05) is 17.3 Å². The van der Waals surface area contributed by atoms with Crippen LogP contribution >= 0.6 is 0 Å². The van der Waals surface area contributed by atoms with Gasteiger partial charge in [0, 0.05) is 37.5 Å². The molecule has 118 valence electrons. The van der Waals surface area contributed by atoms with Gasteiger partial charge in [-0.15, -0.1) is 0 Å². The molecule has 1 aliphatic rings. The minimum atomic E-state index is -1.18. The summed E-state index contributed by atoms with van der Waals surface area (Å²) in [4.78, 5) is 37.5. The van der Waals surface area contributed by atoms with Crippen molar-refractivity contribution in [2.75, 3.05) is 25.0 Å². The fourth-order valence-corrected chi connectivity index (χ4v) is 2.32. The highest BCUT2D eigenvalue weighted by molar-refractivity contribution is 6.40. The topological polar surface area (TPSA) is 104 Å². The van der Waals surface area contributed by atoms with E-state index < -0.39 is 17.8 Å². The maximum Gasteiger partial charge on any atom is 0.358 e. The van der Waals surface area contributed by atoms with Crippen molar-refractivity contribution in [3.05, 3.63) is 36.0 Å². The van der Waals surface area contributed by atoms with Crippen LogP contribution in [0.1, 0.15) is 10.5 Å². The summed E-state index contributed by atoms with van der Waals surface area (Å²) in [6, 6.07) is 8.07. The van der Waals surface area contributed by atoms with E-state index in [9.17, 15) is 14.4 Å². The highest BCUT2D eigenvalue weighted by Gasteiger charge is 2.31. The maximum atomic E-state index is 12.1. The van der Waals surface area contributed by atoms with Crippen LogP contribution in [0.4, 0.5) is 5.69 Å². The van der Waals surface area contributed by atoms with Gasteiger partial charge in [-0.05, 0) is 12.1 Å². The first kappa shape index (κ1) is 14.8. The number of hydrogen-bond donors (Lipinski definition) is 1. The van der Waals surface area contributed by atoms with Crippen molar-refractivity contribution < 1.29 is 24.0 Å². The van der Waals surface area contributed by atoms with Gasteiger partial charge in [0.1, 0.15) is 0 Å². The Morgan fingerprint density at radius 1 is 1.22 bits per heavy atom. The summed E-state index contributed by atoms with van der Waals surface area (Å²) in [6.45, 7) is 0.835. The van der Waals surface area contributed by atoms with Crippen molar-refractivity contribution >= 4 is 23.5 Å². The van der Waals surface area contributed by atoms with Crippen LogP contribution in [-0.2, 0) is 9.59 Å². The van der Waals surface area contributed by atoms with Gasteiger partial charge < -0.3 is 19.4 Å².